The molecular formula is C22H23N5O4. The molecule has 9 heteroatoms. The van der Waals surface area contributed by atoms with E-state index < -0.39 is 11.9 Å². The Bertz CT molecular complexity index is 1080. The molecule has 0 bridgehead atoms. The Morgan fingerprint density at radius 1 is 1.19 bits per heavy atom. The van der Waals surface area contributed by atoms with E-state index in [-0.39, 0.29) is 30.7 Å². The maximum atomic E-state index is 12.9. The first-order valence-electron chi connectivity index (χ1n) is 10.6. The molecule has 1 unspecified atom stereocenters. The van der Waals surface area contributed by atoms with E-state index >= 15 is 0 Å². The van der Waals surface area contributed by atoms with Gasteiger partial charge in [0.1, 0.15) is 17.6 Å². The van der Waals surface area contributed by atoms with Gasteiger partial charge in [0, 0.05) is 44.2 Å². The van der Waals surface area contributed by atoms with E-state index in [2.05, 4.69) is 15.6 Å². The van der Waals surface area contributed by atoms with Gasteiger partial charge in [-0.3, -0.25) is 24.5 Å². The predicted molar refractivity (Wildman–Crippen MR) is 109 cm³/mol. The highest BCUT2D eigenvalue weighted by Gasteiger charge is 2.39. The van der Waals surface area contributed by atoms with Crippen LogP contribution in [-0.4, -0.2) is 44.1 Å². The number of nitrogens with one attached hydrogen (secondary N) is 2. The monoisotopic (exact) mass is 421 g/mol. The number of carbonyl (C=O) groups is 4. The molecule has 160 valence electrons. The van der Waals surface area contributed by atoms with E-state index in [9.17, 15) is 19.2 Å². The van der Waals surface area contributed by atoms with Gasteiger partial charge in [0.2, 0.25) is 11.8 Å². The number of imide groups is 1. The van der Waals surface area contributed by atoms with Crippen LogP contribution in [0.1, 0.15) is 63.5 Å². The molecule has 1 saturated heterocycles. The number of aryl methyl sites for hydroxylation is 2. The number of imidazole rings is 1. The molecule has 2 N–H and O–H groups in total. The first-order chi connectivity index (χ1) is 15.0. The van der Waals surface area contributed by atoms with E-state index in [1.54, 1.807) is 12.3 Å². The number of hydrogen-bond donors (Lipinski definition) is 2. The summed E-state index contributed by atoms with van der Waals surface area (Å²) in [5.74, 6) is -0.235. The highest BCUT2D eigenvalue weighted by Crippen LogP contribution is 2.28. The molecule has 0 aliphatic carbocycles. The molecule has 0 saturated carbocycles. The SMILES string of the molecule is O=C1CCC(N2Cc3ccc(CNC(=O)c4cn5c(n4)CCCC5)cc3C2=O)C(=O)N1. The molecule has 5 rings (SSSR count). The highest BCUT2D eigenvalue weighted by atomic mass is 16.2. The minimum Gasteiger partial charge on any atom is -0.347 e. The normalized spacial score (nSPS) is 20.3. The van der Waals surface area contributed by atoms with Crippen molar-refractivity contribution in [2.24, 2.45) is 0 Å². The first-order valence-corrected chi connectivity index (χ1v) is 10.6. The fourth-order valence-electron chi connectivity index (χ4n) is 4.51. The van der Waals surface area contributed by atoms with Crippen LogP contribution in [0, 0.1) is 0 Å². The molecule has 1 aromatic heterocycles. The molecular weight excluding hydrogens is 398 g/mol. The fraction of sp³-hybridized carbons (Fsp3) is 0.409. The molecule has 2 aromatic rings. The van der Waals surface area contributed by atoms with Crippen LogP contribution in [0.25, 0.3) is 0 Å². The van der Waals surface area contributed by atoms with Gasteiger partial charge in [0.15, 0.2) is 0 Å². The highest BCUT2D eigenvalue weighted by molar-refractivity contribution is 6.05. The maximum absolute atomic E-state index is 12.9. The van der Waals surface area contributed by atoms with Crippen LogP contribution in [0.3, 0.4) is 0 Å². The van der Waals surface area contributed by atoms with Crippen LogP contribution in [0.5, 0.6) is 0 Å². The summed E-state index contributed by atoms with van der Waals surface area (Å²) in [6.07, 6.45) is 5.45. The molecule has 3 aliphatic rings. The lowest BCUT2D eigenvalue weighted by atomic mass is 10.0. The van der Waals surface area contributed by atoms with Crippen LogP contribution in [-0.2, 0) is 35.6 Å². The second-order valence-electron chi connectivity index (χ2n) is 8.27. The molecule has 1 fully saturated rings. The standard InChI is InChI=1S/C22H23N5O4/c28-19-7-6-17(21(30)25-19)27-11-14-5-4-13(9-15(14)22(27)31)10-23-20(29)16-12-26-8-2-1-3-18(26)24-16/h4-5,9,12,17H,1-3,6-8,10-11H2,(H,23,29)(H,25,28,30). The lowest BCUT2D eigenvalue weighted by molar-refractivity contribution is -0.136. The number of nitrogens with zero attached hydrogens (tertiary/aromatic N) is 3. The van der Waals surface area contributed by atoms with Crippen molar-refractivity contribution >= 4 is 23.6 Å². The molecule has 1 aromatic carbocycles. The molecule has 0 radical (unpaired) electrons. The van der Waals surface area contributed by atoms with Crippen LogP contribution >= 0.6 is 0 Å². The van der Waals surface area contributed by atoms with Crippen molar-refractivity contribution in [3.05, 3.63) is 52.6 Å². The van der Waals surface area contributed by atoms with E-state index in [1.807, 2.05) is 16.7 Å². The Labute approximate surface area is 178 Å². The summed E-state index contributed by atoms with van der Waals surface area (Å²) in [6.45, 7) is 1.51. The van der Waals surface area contributed by atoms with Gasteiger partial charge in [0.25, 0.3) is 11.8 Å². The van der Waals surface area contributed by atoms with Crippen molar-refractivity contribution in [1.29, 1.82) is 0 Å². The van der Waals surface area contributed by atoms with Crippen molar-refractivity contribution in [3.63, 3.8) is 0 Å². The number of amides is 4. The summed E-state index contributed by atoms with van der Waals surface area (Å²) in [7, 11) is 0. The summed E-state index contributed by atoms with van der Waals surface area (Å²) in [5.41, 5.74) is 2.59. The van der Waals surface area contributed by atoms with Crippen LogP contribution in [0.4, 0.5) is 0 Å². The van der Waals surface area contributed by atoms with Crippen molar-refractivity contribution < 1.29 is 19.2 Å². The third-order valence-electron chi connectivity index (χ3n) is 6.19. The van der Waals surface area contributed by atoms with Gasteiger partial charge in [-0.15, -0.1) is 0 Å². The first kappa shape index (κ1) is 19.5. The van der Waals surface area contributed by atoms with E-state index in [1.165, 1.54) is 4.90 Å². The van der Waals surface area contributed by atoms with Gasteiger partial charge in [0.05, 0.1) is 0 Å². The zero-order valence-corrected chi connectivity index (χ0v) is 17.0. The van der Waals surface area contributed by atoms with Crippen molar-refractivity contribution in [1.82, 2.24) is 25.1 Å². The van der Waals surface area contributed by atoms with Gasteiger partial charge in [-0.2, -0.15) is 0 Å². The van der Waals surface area contributed by atoms with E-state index in [0.717, 1.165) is 42.8 Å². The summed E-state index contributed by atoms with van der Waals surface area (Å²) >= 11 is 0. The fourth-order valence-corrected chi connectivity index (χ4v) is 4.51. The Balaban J connectivity index is 1.25. The summed E-state index contributed by atoms with van der Waals surface area (Å²) in [6, 6.07) is 4.86. The second kappa shape index (κ2) is 7.64. The summed E-state index contributed by atoms with van der Waals surface area (Å²) < 4.78 is 2.04. The number of aromatic nitrogens is 2. The molecule has 31 heavy (non-hydrogen) atoms. The zero-order valence-electron chi connectivity index (χ0n) is 17.0. The van der Waals surface area contributed by atoms with E-state index in [4.69, 9.17) is 0 Å². The summed E-state index contributed by atoms with van der Waals surface area (Å²) in [5, 5.41) is 5.18. The van der Waals surface area contributed by atoms with Crippen molar-refractivity contribution in [2.75, 3.05) is 0 Å². The number of rotatable bonds is 4. The topological polar surface area (TPSA) is 113 Å². The second-order valence-corrected chi connectivity index (χ2v) is 8.27. The largest absolute Gasteiger partial charge is 0.347 e. The average molecular weight is 421 g/mol. The van der Waals surface area contributed by atoms with E-state index in [0.29, 0.717) is 24.2 Å². The van der Waals surface area contributed by atoms with Gasteiger partial charge >= 0.3 is 0 Å². The zero-order chi connectivity index (χ0) is 21.5. The number of benzene rings is 1. The number of carbonyl (C=O) groups excluding carboxylic acids is 4. The predicted octanol–water partition coefficient (Wildman–Crippen LogP) is 0.910. The minimum atomic E-state index is -0.632. The number of fused-ring (bicyclic) bond motifs is 2. The molecule has 4 heterocycles. The average Bonchev–Trinajstić information content (AvgIpc) is 3.34. The van der Waals surface area contributed by atoms with Crippen LogP contribution < -0.4 is 10.6 Å². The smallest absolute Gasteiger partial charge is 0.271 e. The lowest BCUT2D eigenvalue weighted by Crippen LogP contribution is -2.52. The van der Waals surface area contributed by atoms with Gasteiger partial charge < -0.3 is 14.8 Å². The Morgan fingerprint density at radius 3 is 2.87 bits per heavy atom. The molecule has 0 spiro atoms. The van der Waals surface area contributed by atoms with Crippen LogP contribution in [0.15, 0.2) is 24.4 Å². The summed E-state index contributed by atoms with van der Waals surface area (Å²) in [4.78, 5) is 54.9. The maximum Gasteiger partial charge on any atom is 0.271 e. The molecule has 4 amide bonds. The Hall–Kier alpha value is -3.49. The van der Waals surface area contributed by atoms with Crippen molar-refractivity contribution in [3.8, 4) is 0 Å². The van der Waals surface area contributed by atoms with Crippen molar-refractivity contribution in [2.45, 2.75) is 57.8 Å². The quantitative estimate of drug-likeness (QED) is 0.713. The van der Waals surface area contributed by atoms with Gasteiger partial charge in [-0.25, -0.2) is 4.98 Å². The third-order valence-corrected chi connectivity index (χ3v) is 6.19. The van der Waals surface area contributed by atoms with Gasteiger partial charge in [-0.1, -0.05) is 12.1 Å². The molecule has 1 atom stereocenters. The Kier molecular flexibility index (Phi) is 4.80. The number of piperidine rings is 1. The molecule has 9 nitrogen and oxygen atoms in total. The Morgan fingerprint density at radius 2 is 2.06 bits per heavy atom. The third kappa shape index (κ3) is 3.60. The lowest BCUT2D eigenvalue weighted by Gasteiger charge is -2.29. The number of hydrogen-bond acceptors (Lipinski definition) is 5. The van der Waals surface area contributed by atoms with Gasteiger partial charge in [-0.05, 0) is 36.5 Å². The molecule has 3 aliphatic heterocycles. The van der Waals surface area contributed by atoms with Crippen LogP contribution in [0.2, 0.25) is 0 Å². The minimum absolute atomic E-state index is 0.223.